The van der Waals surface area contributed by atoms with E-state index in [1.54, 1.807) is 43.5 Å². The van der Waals surface area contributed by atoms with Gasteiger partial charge in [-0.05, 0) is 48.4 Å². The highest BCUT2D eigenvalue weighted by molar-refractivity contribution is 6.35. The summed E-state index contributed by atoms with van der Waals surface area (Å²) < 4.78 is 18.1. The number of anilines is 1. The topological polar surface area (TPSA) is 79.0 Å². The van der Waals surface area contributed by atoms with Crippen molar-refractivity contribution in [3.05, 3.63) is 59.9 Å². The number of nitrogens with zero attached hydrogens (tertiary/aromatic N) is 2. The second-order valence-electron chi connectivity index (χ2n) is 7.03. The summed E-state index contributed by atoms with van der Waals surface area (Å²) in [5, 5.41) is 2.79. The highest BCUT2D eigenvalue weighted by Gasteiger charge is 2.32. The number of piperazine rings is 1. The number of amides is 3. The molecule has 0 radical (unpaired) electrons. The molecule has 1 fully saturated rings. The molecule has 3 amide bonds. The van der Waals surface area contributed by atoms with Crippen molar-refractivity contribution in [3.8, 4) is 5.75 Å². The molecule has 3 rings (SSSR count). The number of methoxy groups -OCH3 is 1. The largest absolute Gasteiger partial charge is 0.497 e. The third kappa shape index (κ3) is 5.56. The highest BCUT2D eigenvalue weighted by Crippen LogP contribution is 2.16. The van der Waals surface area contributed by atoms with Crippen LogP contribution >= 0.6 is 0 Å². The summed E-state index contributed by atoms with van der Waals surface area (Å²) in [6.45, 7) is 1.42. The SMILES string of the molecule is COc1ccc(NC(=O)CCCN2CCN(Cc3ccc(F)cc3)C(=O)C2=O)cc1. The number of carbonyl (C=O) groups excluding carboxylic acids is 3. The highest BCUT2D eigenvalue weighted by atomic mass is 19.1. The van der Waals surface area contributed by atoms with E-state index in [0.29, 0.717) is 37.5 Å². The molecule has 1 heterocycles. The van der Waals surface area contributed by atoms with Gasteiger partial charge in [-0.2, -0.15) is 0 Å². The van der Waals surface area contributed by atoms with E-state index in [0.717, 1.165) is 5.56 Å². The maximum Gasteiger partial charge on any atom is 0.312 e. The van der Waals surface area contributed by atoms with Crippen LogP contribution in [-0.2, 0) is 20.9 Å². The molecule has 2 aromatic rings. The lowest BCUT2D eigenvalue weighted by Gasteiger charge is -2.33. The van der Waals surface area contributed by atoms with Gasteiger partial charge in [0.1, 0.15) is 11.6 Å². The van der Waals surface area contributed by atoms with E-state index < -0.39 is 11.8 Å². The lowest BCUT2D eigenvalue weighted by atomic mass is 10.1. The van der Waals surface area contributed by atoms with Gasteiger partial charge in [-0.25, -0.2) is 4.39 Å². The van der Waals surface area contributed by atoms with Crippen molar-refractivity contribution in [3.63, 3.8) is 0 Å². The number of hydrogen-bond acceptors (Lipinski definition) is 4. The molecule has 158 valence electrons. The quantitative estimate of drug-likeness (QED) is 0.674. The van der Waals surface area contributed by atoms with Crippen molar-refractivity contribution in [1.82, 2.24) is 9.80 Å². The maximum absolute atomic E-state index is 13.0. The van der Waals surface area contributed by atoms with E-state index in [2.05, 4.69) is 5.32 Å². The molecule has 0 unspecified atom stereocenters. The first-order valence-electron chi connectivity index (χ1n) is 9.73. The average Bonchev–Trinajstić information content (AvgIpc) is 2.75. The Hall–Kier alpha value is -3.42. The molecule has 1 aliphatic heterocycles. The van der Waals surface area contributed by atoms with Crippen LogP contribution in [0.4, 0.5) is 10.1 Å². The van der Waals surface area contributed by atoms with E-state index >= 15 is 0 Å². The Morgan fingerprint density at radius 1 is 1.00 bits per heavy atom. The molecule has 1 aliphatic rings. The van der Waals surface area contributed by atoms with Crippen molar-refractivity contribution in [2.75, 3.05) is 32.1 Å². The van der Waals surface area contributed by atoms with E-state index in [-0.39, 0.29) is 24.7 Å². The van der Waals surface area contributed by atoms with E-state index in [1.807, 2.05) is 0 Å². The van der Waals surface area contributed by atoms with E-state index in [4.69, 9.17) is 4.74 Å². The van der Waals surface area contributed by atoms with Crippen molar-refractivity contribution >= 4 is 23.4 Å². The van der Waals surface area contributed by atoms with E-state index in [9.17, 15) is 18.8 Å². The third-order valence-corrected chi connectivity index (χ3v) is 4.89. The second kappa shape index (κ2) is 9.87. The minimum absolute atomic E-state index is 0.158. The van der Waals surface area contributed by atoms with Crippen molar-refractivity contribution in [2.45, 2.75) is 19.4 Å². The molecule has 1 N–H and O–H groups in total. The standard InChI is InChI=1S/C22H24FN3O4/c1-30-19-10-8-18(9-11-19)24-20(27)3-2-12-25-13-14-26(22(29)21(25)28)15-16-4-6-17(23)7-5-16/h4-11H,2-3,12-15H2,1H3,(H,24,27). The molecule has 30 heavy (non-hydrogen) atoms. The Kier molecular flexibility index (Phi) is 7.00. The zero-order chi connectivity index (χ0) is 21.5. The summed E-state index contributed by atoms with van der Waals surface area (Å²) in [5.41, 5.74) is 1.43. The number of carbonyl (C=O) groups is 3. The summed E-state index contributed by atoms with van der Waals surface area (Å²) in [5.74, 6) is -0.946. The van der Waals surface area contributed by atoms with Crippen LogP contribution in [0.25, 0.3) is 0 Å². The van der Waals surface area contributed by atoms with Crippen molar-refractivity contribution < 1.29 is 23.5 Å². The van der Waals surface area contributed by atoms with Gasteiger partial charge in [0.05, 0.1) is 7.11 Å². The zero-order valence-corrected chi connectivity index (χ0v) is 16.8. The lowest BCUT2D eigenvalue weighted by Crippen LogP contribution is -2.54. The van der Waals surface area contributed by atoms with Gasteiger partial charge in [-0.15, -0.1) is 0 Å². The van der Waals surface area contributed by atoms with Crippen LogP contribution in [-0.4, -0.2) is 54.3 Å². The monoisotopic (exact) mass is 413 g/mol. The molecule has 1 saturated heterocycles. The van der Waals surface area contributed by atoms with Crippen LogP contribution in [0.5, 0.6) is 5.75 Å². The first-order valence-corrected chi connectivity index (χ1v) is 9.73. The van der Waals surface area contributed by atoms with Gasteiger partial charge < -0.3 is 19.9 Å². The Morgan fingerprint density at radius 2 is 1.63 bits per heavy atom. The smallest absolute Gasteiger partial charge is 0.312 e. The molecule has 0 aliphatic carbocycles. The maximum atomic E-state index is 13.0. The third-order valence-electron chi connectivity index (χ3n) is 4.89. The van der Waals surface area contributed by atoms with Gasteiger partial charge >= 0.3 is 11.8 Å². The number of hydrogen-bond donors (Lipinski definition) is 1. The van der Waals surface area contributed by atoms with Gasteiger partial charge in [0, 0.05) is 38.3 Å². The zero-order valence-electron chi connectivity index (χ0n) is 16.8. The number of benzene rings is 2. The summed E-state index contributed by atoms with van der Waals surface area (Å²) >= 11 is 0. The normalized spacial score (nSPS) is 14.1. The molecular formula is C22H24FN3O4. The number of rotatable bonds is 8. The van der Waals surface area contributed by atoms with Gasteiger partial charge in [-0.1, -0.05) is 12.1 Å². The summed E-state index contributed by atoms with van der Waals surface area (Å²) in [4.78, 5) is 39.8. The van der Waals surface area contributed by atoms with Gasteiger partial charge in [-0.3, -0.25) is 14.4 Å². The Bertz CT molecular complexity index is 900. The molecule has 2 aromatic carbocycles. The van der Waals surface area contributed by atoms with Gasteiger partial charge in [0.25, 0.3) is 0 Å². The summed E-state index contributed by atoms with van der Waals surface area (Å²) in [6, 6.07) is 12.9. The van der Waals surface area contributed by atoms with Crippen molar-refractivity contribution in [1.29, 1.82) is 0 Å². The predicted octanol–water partition coefficient (Wildman–Crippen LogP) is 2.42. The molecular weight excluding hydrogens is 389 g/mol. The molecule has 7 nitrogen and oxygen atoms in total. The Morgan fingerprint density at radius 3 is 2.30 bits per heavy atom. The van der Waals surface area contributed by atoms with Crippen LogP contribution < -0.4 is 10.1 Å². The van der Waals surface area contributed by atoms with E-state index in [1.165, 1.54) is 21.9 Å². The molecule has 0 atom stereocenters. The first-order chi connectivity index (χ1) is 14.5. The fourth-order valence-electron chi connectivity index (χ4n) is 3.22. The molecule has 0 aromatic heterocycles. The van der Waals surface area contributed by atoms with Gasteiger partial charge in [0.15, 0.2) is 0 Å². The Labute approximate surface area is 174 Å². The van der Waals surface area contributed by atoms with Crippen molar-refractivity contribution in [2.24, 2.45) is 0 Å². The summed E-state index contributed by atoms with van der Waals surface area (Å²) in [7, 11) is 1.57. The minimum atomic E-state index is -0.576. The fourth-order valence-corrected chi connectivity index (χ4v) is 3.22. The predicted molar refractivity (Wildman–Crippen MR) is 109 cm³/mol. The van der Waals surface area contributed by atoms with Gasteiger partial charge in [0.2, 0.25) is 5.91 Å². The lowest BCUT2D eigenvalue weighted by molar-refractivity contribution is -0.156. The molecule has 0 spiro atoms. The molecule has 0 bridgehead atoms. The van der Waals surface area contributed by atoms with Crippen LogP contribution in [0.1, 0.15) is 18.4 Å². The van der Waals surface area contributed by atoms with Crippen LogP contribution in [0.15, 0.2) is 48.5 Å². The van der Waals surface area contributed by atoms with Crippen LogP contribution in [0, 0.1) is 5.82 Å². The van der Waals surface area contributed by atoms with Crippen LogP contribution in [0.3, 0.4) is 0 Å². The summed E-state index contributed by atoms with van der Waals surface area (Å²) in [6.07, 6.45) is 0.697. The van der Waals surface area contributed by atoms with Crippen LogP contribution in [0.2, 0.25) is 0 Å². The number of halogens is 1. The fraction of sp³-hybridized carbons (Fsp3) is 0.318. The Balaban J connectivity index is 1.42. The molecule has 0 saturated carbocycles. The number of nitrogens with one attached hydrogen (secondary N) is 1. The minimum Gasteiger partial charge on any atom is -0.497 e. The first kappa shape index (κ1) is 21.3. The second-order valence-corrected chi connectivity index (χ2v) is 7.03. The average molecular weight is 413 g/mol. The number of ether oxygens (including phenoxy) is 1. The molecule has 8 heteroatoms.